The molecule has 1 aliphatic heterocycles. The van der Waals surface area contributed by atoms with Crippen LogP contribution in [0.15, 0.2) is 0 Å². The summed E-state index contributed by atoms with van der Waals surface area (Å²) in [7, 11) is -4.26. The van der Waals surface area contributed by atoms with Gasteiger partial charge in [-0.25, -0.2) is 0 Å². The third-order valence-corrected chi connectivity index (χ3v) is 6.43. The third-order valence-electron chi connectivity index (χ3n) is 4.09. The van der Waals surface area contributed by atoms with E-state index >= 15 is 0 Å². The summed E-state index contributed by atoms with van der Waals surface area (Å²) in [5.41, 5.74) is -1.56. The van der Waals surface area contributed by atoms with Crippen LogP contribution < -0.4 is 16.0 Å². The zero-order valence-electron chi connectivity index (χ0n) is 19.6. The predicted molar refractivity (Wildman–Crippen MR) is 124 cm³/mol. The van der Waals surface area contributed by atoms with E-state index in [-0.39, 0.29) is 30.6 Å². The molecule has 1 atom stereocenters. The SMILES string of the molecule is [CH2]C(C)(C)NC(=O)OCO[PH]1(O)OCC(C)(C)[C@H](C(=O)NCCC(=O)NCCSC(C)=O)O1. The van der Waals surface area contributed by atoms with Gasteiger partial charge < -0.3 is 0 Å². The molecule has 0 aromatic rings. The van der Waals surface area contributed by atoms with Crippen LogP contribution in [0.4, 0.5) is 4.79 Å². The summed E-state index contributed by atoms with van der Waals surface area (Å²) in [6, 6.07) is 0. The normalized spacial score (nSPS) is 20.3. The molecular formula is C19H35N3O9PS. The zero-order chi connectivity index (χ0) is 25.3. The van der Waals surface area contributed by atoms with Gasteiger partial charge in [-0.15, -0.1) is 0 Å². The van der Waals surface area contributed by atoms with E-state index < -0.39 is 44.0 Å². The molecule has 0 saturated carbocycles. The molecule has 3 amide bonds. The number of rotatable bonds is 11. The second kappa shape index (κ2) is 12.8. The molecule has 1 fully saturated rings. The fraction of sp³-hybridized carbons (Fsp3) is 0.737. The van der Waals surface area contributed by atoms with Crippen molar-refractivity contribution in [3.63, 3.8) is 0 Å². The molecule has 1 saturated heterocycles. The Morgan fingerprint density at radius 3 is 2.52 bits per heavy atom. The van der Waals surface area contributed by atoms with Crippen LogP contribution in [0.1, 0.15) is 41.0 Å². The van der Waals surface area contributed by atoms with Crippen LogP contribution in [-0.4, -0.2) is 71.8 Å². The molecule has 0 bridgehead atoms. The van der Waals surface area contributed by atoms with Crippen molar-refractivity contribution in [2.24, 2.45) is 5.41 Å². The summed E-state index contributed by atoms with van der Waals surface area (Å²) in [5.74, 6) is -0.351. The summed E-state index contributed by atoms with van der Waals surface area (Å²) in [6.07, 6.45) is -1.90. The van der Waals surface area contributed by atoms with Gasteiger partial charge in [0.1, 0.15) is 0 Å². The van der Waals surface area contributed by atoms with E-state index in [1.807, 2.05) is 0 Å². The second-order valence-corrected chi connectivity index (χ2v) is 11.9. The van der Waals surface area contributed by atoms with Gasteiger partial charge in [0.05, 0.1) is 0 Å². The zero-order valence-corrected chi connectivity index (χ0v) is 21.5. The maximum atomic E-state index is 12.6. The summed E-state index contributed by atoms with van der Waals surface area (Å²) in [6.45, 7) is 11.6. The van der Waals surface area contributed by atoms with E-state index in [1.54, 1.807) is 27.7 Å². The summed E-state index contributed by atoms with van der Waals surface area (Å²) < 4.78 is 20.7. The minimum atomic E-state index is -4.26. The number of hydrogen-bond donors (Lipinski definition) is 4. The Morgan fingerprint density at radius 1 is 1.24 bits per heavy atom. The van der Waals surface area contributed by atoms with Crippen molar-refractivity contribution >= 4 is 43.0 Å². The van der Waals surface area contributed by atoms with Crippen molar-refractivity contribution in [2.45, 2.75) is 52.7 Å². The van der Waals surface area contributed by atoms with E-state index in [4.69, 9.17) is 18.3 Å². The summed E-state index contributed by atoms with van der Waals surface area (Å²) in [5, 5.41) is 7.67. The van der Waals surface area contributed by atoms with Gasteiger partial charge >= 0.3 is 187 Å². The van der Waals surface area contributed by atoms with Gasteiger partial charge in [-0.2, -0.15) is 0 Å². The van der Waals surface area contributed by atoms with Crippen LogP contribution >= 0.6 is 19.9 Å². The summed E-state index contributed by atoms with van der Waals surface area (Å²) in [4.78, 5) is 57.5. The monoisotopic (exact) mass is 512 g/mol. The number of carbonyl (C=O) groups is 4. The average Bonchev–Trinajstić information content (AvgIpc) is 2.66. The molecule has 4 N–H and O–H groups in total. The number of alkyl carbamates (subject to hydrolysis) is 1. The second-order valence-electron chi connectivity index (χ2n) is 8.73. The van der Waals surface area contributed by atoms with Crippen LogP contribution in [0.5, 0.6) is 0 Å². The van der Waals surface area contributed by atoms with E-state index in [9.17, 15) is 24.1 Å². The first-order valence-electron chi connectivity index (χ1n) is 10.3. The Hall–Kier alpha value is -1.50. The summed E-state index contributed by atoms with van der Waals surface area (Å²) >= 11 is 1.11. The Labute approximate surface area is 198 Å². The molecule has 33 heavy (non-hydrogen) atoms. The Bertz CT molecular complexity index is 717. The standard InChI is InChI=1S/C19H35N3O9PS/c1-13(23)33-10-9-20-14(24)7-8-21-16(25)15-19(5,6)11-29-32(27,31-15)30-12-28-17(26)22-18(2,3)4/h15,27,32H,2,7-12H2,1,3-6H3,(H,20,24)(H,21,25)(H,22,26)/t15-/m0/s1. The molecule has 0 aliphatic carbocycles. The molecular weight excluding hydrogens is 477 g/mol. The van der Waals surface area contributed by atoms with E-state index in [1.165, 1.54) is 6.92 Å². The molecule has 1 rings (SSSR count). The Balaban J connectivity index is 2.48. The molecule has 14 heteroatoms. The Morgan fingerprint density at radius 2 is 1.91 bits per heavy atom. The average molecular weight is 513 g/mol. The van der Waals surface area contributed by atoms with Crippen molar-refractivity contribution in [1.29, 1.82) is 0 Å². The van der Waals surface area contributed by atoms with Gasteiger partial charge in [-0.1, -0.05) is 0 Å². The van der Waals surface area contributed by atoms with Crippen molar-refractivity contribution in [3.8, 4) is 0 Å². The van der Waals surface area contributed by atoms with Crippen LogP contribution in [0.3, 0.4) is 0 Å². The van der Waals surface area contributed by atoms with Gasteiger partial charge in [-0.3, -0.25) is 4.79 Å². The molecule has 1 aliphatic rings. The van der Waals surface area contributed by atoms with Crippen molar-refractivity contribution in [1.82, 2.24) is 16.0 Å². The molecule has 0 spiro atoms. The fourth-order valence-corrected chi connectivity index (χ4v) is 4.71. The third kappa shape index (κ3) is 12.0. The number of amides is 3. The quantitative estimate of drug-likeness (QED) is 0.179. The minimum absolute atomic E-state index is 0.0277. The van der Waals surface area contributed by atoms with E-state index in [0.717, 1.165) is 11.8 Å². The molecule has 0 unspecified atom stereocenters. The molecule has 12 nitrogen and oxygen atoms in total. The van der Waals surface area contributed by atoms with Crippen LogP contribution in [0.25, 0.3) is 0 Å². The molecule has 0 aromatic carbocycles. The van der Waals surface area contributed by atoms with Crippen LogP contribution in [-0.2, 0) is 32.7 Å². The number of thioether (sulfide) groups is 1. The topological polar surface area (TPSA) is 162 Å². The van der Waals surface area contributed by atoms with Gasteiger partial charge in [0, 0.05) is 6.92 Å². The fourth-order valence-electron chi connectivity index (χ4n) is 2.51. The van der Waals surface area contributed by atoms with Gasteiger partial charge in [0.15, 0.2) is 0 Å². The molecule has 0 aromatic heterocycles. The van der Waals surface area contributed by atoms with Gasteiger partial charge in [0.2, 0.25) is 0 Å². The van der Waals surface area contributed by atoms with Gasteiger partial charge in [0.25, 0.3) is 0 Å². The van der Waals surface area contributed by atoms with E-state index in [0.29, 0.717) is 12.3 Å². The van der Waals surface area contributed by atoms with Crippen molar-refractivity contribution in [3.05, 3.63) is 6.92 Å². The van der Waals surface area contributed by atoms with E-state index in [2.05, 4.69) is 22.9 Å². The predicted octanol–water partition coefficient (Wildman–Crippen LogP) is 1.05. The maximum absolute atomic E-state index is 12.6. The molecule has 1 radical (unpaired) electrons. The Kier molecular flexibility index (Phi) is 11.5. The first-order chi connectivity index (χ1) is 15.1. The van der Waals surface area contributed by atoms with Gasteiger partial charge in [-0.05, 0) is 0 Å². The number of carbonyl (C=O) groups excluding carboxylic acids is 4. The first-order valence-corrected chi connectivity index (χ1v) is 13.0. The van der Waals surface area contributed by atoms with Crippen LogP contribution in [0.2, 0.25) is 0 Å². The number of ether oxygens (including phenoxy) is 1. The van der Waals surface area contributed by atoms with Crippen molar-refractivity contribution < 1.29 is 42.4 Å². The first kappa shape index (κ1) is 29.5. The van der Waals surface area contributed by atoms with Crippen molar-refractivity contribution in [2.75, 3.05) is 32.2 Å². The number of hydrogen-bond acceptors (Lipinski definition) is 10. The number of nitrogens with one attached hydrogen (secondary N) is 3. The molecule has 191 valence electrons. The molecule has 1 heterocycles. The van der Waals surface area contributed by atoms with Crippen LogP contribution in [0, 0.1) is 12.3 Å².